The molecule has 0 unspecified atom stereocenters. The maximum absolute atomic E-state index is 12.6. The first-order valence-electron chi connectivity index (χ1n) is 9.61. The Bertz CT molecular complexity index is 1200. The molecule has 0 aliphatic heterocycles. The van der Waals surface area contributed by atoms with Gasteiger partial charge in [-0.2, -0.15) is 0 Å². The normalized spacial score (nSPS) is 11.3. The topological polar surface area (TPSA) is 98.7 Å². The highest BCUT2D eigenvalue weighted by Crippen LogP contribution is 2.22. The molecule has 0 heterocycles. The van der Waals surface area contributed by atoms with Crippen LogP contribution in [0.1, 0.15) is 33.2 Å². The summed E-state index contributed by atoms with van der Waals surface area (Å²) in [6.07, 6.45) is 1.41. The summed E-state index contributed by atoms with van der Waals surface area (Å²) >= 11 is 0. The number of anilines is 1. The highest BCUT2D eigenvalue weighted by Gasteiger charge is 2.17. The van der Waals surface area contributed by atoms with Crippen LogP contribution >= 0.6 is 0 Å². The van der Waals surface area contributed by atoms with Crippen molar-refractivity contribution in [2.45, 2.75) is 6.92 Å². The third kappa shape index (κ3) is 4.96. The molecule has 0 atom stereocenters. The van der Waals surface area contributed by atoms with Gasteiger partial charge < -0.3 is 10.4 Å². The fraction of sp³-hybridized carbons (Fsp3) is 0.125. The number of amides is 2. The Kier molecular flexibility index (Phi) is 6.47. The summed E-state index contributed by atoms with van der Waals surface area (Å²) in [5.41, 5.74) is 4.49. The molecule has 31 heavy (non-hydrogen) atoms. The Balaban J connectivity index is 1.88. The molecule has 0 bridgehead atoms. The number of nitrogens with one attached hydrogen (secondary N) is 2. The van der Waals surface area contributed by atoms with Crippen LogP contribution in [-0.4, -0.2) is 42.0 Å². The Labute approximate surface area is 180 Å². The van der Waals surface area contributed by atoms with Crippen molar-refractivity contribution in [2.24, 2.45) is 0 Å². The second-order valence-electron chi connectivity index (χ2n) is 7.03. The second-order valence-corrected chi connectivity index (χ2v) is 7.03. The average molecular weight is 417 g/mol. The van der Waals surface area contributed by atoms with E-state index in [1.807, 2.05) is 49.4 Å². The van der Waals surface area contributed by atoms with Crippen LogP contribution in [0, 0.1) is 0 Å². The molecule has 3 aromatic carbocycles. The second kappa shape index (κ2) is 9.23. The summed E-state index contributed by atoms with van der Waals surface area (Å²) < 4.78 is 0. The van der Waals surface area contributed by atoms with Crippen molar-refractivity contribution in [1.82, 2.24) is 10.4 Å². The number of carboxylic acids is 1. The number of hydrogen-bond acceptors (Lipinski definition) is 4. The van der Waals surface area contributed by atoms with E-state index in [0.29, 0.717) is 0 Å². The largest absolute Gasteiger partial charge is 0.478 e. The molecule has 0 spiro atoms. The number of rotatable bonds is 6. The van der Waals surface area contributed by atoms with E-state index in [1.165, 1.54) is 29.3 Å². The summed E-state index contributed by atoms with van der Waals surface area (Å²) in [7, 11) is 3.13. The van der Waals surface area contributed by atoms with Gasteiger partial charge in [-0.3, -0.25) is 14.6 Å². The molecule has 3 aromatic rings. The van der Waals surface area contributed by atoms with E-state index in [9.17, 15) is 19.5 Å². The number of hydrazine groups is 1. The molecule has 7 heteroatoms. The van der Waals surface area contributed by atoms with Crippen molar-refractivity contribution >= 4 is 39.8 Å². The predicted molar refractivity (Wildman–Crippen MR) is 121 cm³/mol. The fourth-order valence-corrected chi connectivity index (χ4v) is 3.15. The predicted octanol–water partition coefficient (Wildman–Crippen LogP) is 3.79. The third-order valence-electron chi connectivity index (χ3n) is 4.95. The maximum atomic E-state index is 12.6. The van der Waals surface area contributed by atoms with Gasteiger partial charge in [0.1, 0.15) is 0 Å². The standard InChI is InChI=1S/C24H23N3O4/c1-15(17-9-8-16-6-4-5-7-18(16)13-17)12-22(28)26-21-14-19(23(29)27(3)25-2)10-11-20(21)24(30)31/h4-14,25H,1-3H3,(H,26,28)(H,30,31). The number of carboxylic acid groups (broad SMARTS) is 1. The Hall–Kier alpha value is -3.97. The first-order chi connectivity index (χ1) is 14.8. The van der Waals surface area contributed by atoms with Crippen molar-refractivity contribution in [1.29, 1.82) is 0 Å². The molecule has 3 N–H and O–H groups in total. The van der Waals surface area contributed by atoms with Gasteiger partial charge in [-0.25, -0.2) is 10.2 Å². The molecule has 0 aliphatic rings. The average Bonchev–Trinajstić information content (AvgIpc) is 2.77. The highest BCUT2D eigenvalue weighted by molar-refractivity contribution is 6.08. The van der Waals surface area contributed by atoms with E-state index in [2.05, 4.69) is 10.7 Å². The minimum Gasteiger partial charge on any atom is -0.478 e. The molecule has 0 saturated heterocycles. The number of carbonyl (C=O) groups is 3. The Morgan fingerprint density at radius 3 is 2.29 bits per heavy atom. The number of nitrogens with zero attached hydrogens (tertiary/aromatic N) is 1. The van der Waals surface area contributed by atoms with Gasteiger partial charge >= 0.3 is 5.97 Å². The SMILES string of the molecule is CNN(C)C(=O)c1ccc(C(=O)O)c(NC(=O)C=C(C)c2ccc3ccccc3c2)c1. The number of aromatic carboxylic acids is 1. The number of fused-ring (bicyclic) bond motifs is 1. The van der Waals surface area contributed by atoms with Gasteiger partial charge in [0.05, 0.1) is 11.3 Å². The van der Waals surface area contributed by atoms with Crippen LogP contribution in [0.4, 0.5) is 5.69 Å². The van der Waals surface area contributed by atoms with Gasteiger partial charge in [0.25, 0.3) is 5.91 Å². The number of hydrogen-bond donors (Lipinski definition) is 3. The lowest BCUT2D eigenvalue weighted by atomic mass is 10.0. The molecule has 0 saturated carbocycles. The summed E-state index contributed by atoms with van der Waals surface area (Å²) in [5.74, 6) is -2.05. The number of allylic oxidation sites excluding steroid dienone is 1. The van der Waals surface area contributed by atoms with E-state index in [-0.39, 0.29) is 22.7 Å². The van der Waals surface area contributed by atoms with Crippen LogP contribution in [0.3, 0.4) is 0 Å². The van der Waals surface area contributed by atoms with E-state index in [0.717, 1.165) is 21.9 Å². The molecule has 3 rings (SSSR count). The van der Waals surface area contributed by atoms with Gasteiger partial charge in [0, 0.05) is 25.7 Å². The van der Waals surface area contributed by atoms with Crippen LogP contribution in [0.15, 0.2) is 66.7 Å². The van der Waals surface area contributed by atoms with Crippen molar-refractivity contribution in [2.75, 3.05) is 19.4 Å². The van der Waals surface area contributed by atoms with Crippen LogP contribution in [-0.2, 0) is 4.79 Å². The lowest BCUT2D eigenvalue weighted by molar-refractivity contribution is -0.111. The van der Waals surface area contributed by atoms with Crippen LogP contribution in [0.2, 0.25) is 0 Å². The number of benzene rings is 3. The molecule has 2 amide bonds. The van der Waals surface area contributed by atoms with Crippen LogP contribution in [0.5, 0.6) is 0 Å². The summed E-state index contributed by atoms with van der Waals surface area (Å²) in [5, 5.41) is 15.5. The van der Waals surface area contributed by atoms with E-state index < -0.39 is 11.9 Å². The minimum atomic E-state index is -1.20. The van der Waals surface area contributed by atoms with Crippen molar-refractivity contribution < 1.29 is 19.5 Å². The quantitative estimate of drug-likeness (QED) is 0.419. The van der Waals surface area contributed by atoms with Gasteiger partial charge in [0.15, 0.2) is 0 Å². The third-order valence-corrected chi connectivity index (χ3v) is 4.95. The summed E-state index contributed by atoms with van der Waals surface area (Å²) in [4.78, 5) is 36.5. The zero-order chi connectivity index (χ0) is 22.5. The summed E-state index contributed by atoms with van der Waals surface area (Å²) in [6, 6.07) is 17.9. The van der Waals surface area contributed by atoms with Crippen molar-refractivity contribution in [3.05, 3.63) is 83.4 Å². The van der Waals surface area contributed by atoms with Crippen LogP contribution in [0.25, 0.3) is 16.3 Å². The van der Waals surface area contributed by atoms with Crippen molar-refractivity contribution in [3.8, 4) is 0 Å². The first kappa shape index (κ1) is 21.7. The summed E-state index contributed by atoms with van der Waals surface area (Å²) in [6.45, 7) is 1.81. The van der Waals surface area contributed by atoms with Crippen LogP contribution < -0.4 is 10.7 Å². The first-order valence-corrected chi connectivity index (χ1v) is 9.61. The molecule has 158 valence electrons. The van der Waals surface area contributed by atoms with Gasteiger partial charge in [-0.15, -0.1) is 0 Å². The molecule has 0 aliphatic carbocycles. The maximum Gasteiger partial charge on any atom is 0.337 e. The molecule has 0 radical (unpaired) electrons. The van der Waals surface area contributed by atoms with Gasteiger partial charge in [-0.1, -0.05) is 36.4 Å². The van der Waals surface area contributed by atoms with Crippen molar-refractivity contribution in [3.63, 3.8) is 0 Å². The zero-order valence-corrected chi connectivity index (χ0v) is 17.5. The van der Waals surface area contributed by atoms with Gasteiger partial charge in [-0.05, 0) is 53.1 Å². The molecule has 0 aromatic heterocycles. The van der Waals surface area contributed by atoms with E-state index >= 15 is 0 Å². The Morgan fingerprint density at radius 1 is 0.935 bits per heavy atom. The van der Waals surface area contributed by atoms with E-state index in [4.69, 9.17) is 0 Å². The smallest absolute Gasteiger partial charge is 0.337 e. The van der Waals surface area contributed by atoms with Gasteiger partial charge in [0.2, 0.25) is 5.91 Å². The lowest BCUT2D eigenvalue weighted by Gasteiger charge is -2.16. The lowest BCUT2D eigenvalue weighted by Crippen LogP contribution is -2.36. The minimum absolute atomic E-state index is 0.0513. The highest BCUT2D eigenvalue weighted by atomic mass is 16.4. The molecule has 0 fully saturated rings. The molecular weight excluding hydrogens is 394 g/mol. The molecular formula is C24H23N3O4. The number of carbonyl (C=O) groups excluding carboxylic acids is 2. The Morgan fingerprint density at radius 2 is 1.61 bits per heavy atom. The monoisotopic (exact) mass is 417 g/mol. The van der Waals surface area contributed by atoms with E-state index in [1.54, 1.807) is 14.1 Å². The zero-order valence-electron chi connectivity index (χ0n) is 17.5. The molecule has 7 nitrogen and oxygen atoms in total. The fourth-order valence-electron chi connectivity index (χ4n) is 3.15.